The van der Waals surface area contributed by atoms with E-state index in [-0.39, 0.29) is 0 Å². The van der Waals surface area contributed by atoms with Crippen molar-refractivity contribution in [2.45, 2.75) is 0 Å². The standard InChI is InChI=1S/C72H44N4S/c1-8-25-63-53(18-1)54-19-2-9-26-64(54)73(63)49-17-15-16-45(39-49)47-38-48(41-52(40-47)76-67-29-12-5-22-57(67)58-23-6-13-30-68(58)76)46-32-35-70-60(42-46)59-24-7-14-31-69(59)75(70)51-34-37-72-62(44-51)61-43-50(33-36-71(61)77-72)74-65-27-10-3-20-55(65)56-21-4-11-28-66(56)74/h1-44H. The van der Waals surface area contributed by atoms with Gasteiger partial charge in [-0.25, -0.2) is 0 Å². The van der Waals surface area contributed by atoms with Gasteiger partial charge in [-0.15, -0.1) is 11.3 Å². The van der Waals surface area contributed by atoms with Crippen molar-refractivity contribution in [2.24, 2.45) is 0 Å². The van der Waals surface area contributed by atoms with E-state index in [0.717, 1.165) is 33.8 Å². The van der Waals surface area contributed by atoms with Crippen LogP contribution in [0, 0.1) is 0 Å². The summed E-state index contributed by atoms with van der Waals surface area (Å²) in [5.74, 6) is 0. The minimum Gasteiger partial charge on any atom is -0.309 e. The molecule has 0 saturated heterocycles. The molecule has 0 atom stereocenters. The van der Waals surface area contributed by atoms with Crippen LogP contribution in [-0.4, -0.2) is 18.3 Å². The van der Waals surface area contributed by atoms with E-state index in [9.17, 15) is 0 Å². The van der Waals surface area contributed by atoms with Crippen LogP contribution in [0.5, 0.6) is 0 Å². The van der Waals surface area contributed by atoms with Crippen molar-refractivity contribution in [2.75, 3.05) is 0 Å². The van der Waals surface area contributed by atoms with Crippen molar-refractivity contribution in [3.8, 4) is 45.0 Å². The molecule has 17 rings (SSSR count). The van der Waals surface area contributed by atoms with Gasteiger partial charge in [-0.1, -0.05) is 146 Å². The zero-order valence-electron chi connectivity index (χ0n) is 41.6. The number of thiophene rings is 1. The van der Waals surface area contributed by atoms with E-state index in [1.807, 2.05) is 11.3 Å². The van der Waals surface area contributed by atoms with Crippen molar-refractivity contribution < 1.29 is 0 Å². The molecule has 0 unspecified atom stereocenters. The lowest BCUT2D eigenvalue weighted by atomic mass is 9.96. The minimum atomic E-state index is 1.12. The van der Waals surface area contributed by atoms with Gasteiger partial charge in [-0.3, -0.25) is 0 Å². The molecule has 4 nitrogen and oxygen atoms in total. The largest absolute Gasteiger partial charge is 0.309 e. The highest BCUT2D eigenvalue weighted by Crippen LogP contribution is 2.43. The molecule has 0 aliphatic carbocycles. The number of fused-ring (bicyclic) bond motifs is 15. The average Bonchev–Trinajstić information content (AvgIpc) is 4.48. The number of aromatic nitrogens is 4. The van der Waals surface area contributed by atoms with E-state index in [4.69, 9.17) is 0 Å². The molecule has 17 aromatic rings. The van der Waals surface area contributed by atoms with Crippen LogP contribution < -0.4 is 0 Å². The number of para-hydroxylation sites is 7. The smallest absolute Gasteiger partial charge is 0.0541 e. The average molecular weight is 997 g/mol. The highest BCUT2D eigenvalue weighted by molar-refractivity contribution is 7.25. The molecule has 5 aromatic heterocycles. The Balaban J connectivity index is 0.846. The van der Waals surface area contributed by atoms with E-state index in [0.29, 0.717) is 0 Å². The molecule has 0 saturated carbocycles. The lowest BCUT2D eigenvalue weighted by Crippen LogP contribution is -1.97. The molecule has 0 bridgehead atoms. The Hall–Kier alpha value is -9.94. The Morgan fingerprint density at radius 1 is 0.182 bits per heavy atom. The van der Waals surface area contributed by atoms with Crippen molar-refractivity contribution in [3.63, 3.8) is 0 Å². The van der Waals surface area contributed by atoms with E-state index in [1.54, 1.807) is 0 Å². The van der Waals surface area contributed by atoms with Crippen molar-refractivity contribution in [3.05, 3.63) is 267 Å². The van der Waals surface area contributed by atoms with Gasteiger partial charge in [-0.05, 0) is 144 Å². The van der Waals surface area contributed by atoms with Crippen LogP contribution >= 0.6 is 11.3 Å². The van der Waals surface area contributed by atoms with E-state index in [1.165, 1.54) is 119 Å². The van der Waals surface area contributed by atoms with Crippen LogP contribution in [0.2, 0.25) is 0 Å². The maximum absolute atomic E-state index is 2.47. The lowest BCUT2D eigenvalue weighted by Gasteiger charge is -2.15. The molecule has 358 valence electrons. The van der Waals surface area contributed by atoms with Crippen LogP contribution in [0.4, 0.5) is 0 Å². The highest BCUT2D eigenvalue weighted by atomic mass is 32.1. The van der Waals surface area contributed by atoms with Crippen LogP contribution in [0.1, 0.15) is 0 Å². The first kappa shape index (κ1) is 42.4. The summed E-state index contributed by atoms with van der Waals surface area (Å²) in [6, 6.07) is 99.0. The Morgan fingerprint density at radius 2 is 0.506 bits per heavy atom. The molecule has 0 N–H and O–H groups in total. The molecule has 0 aliphatic heterocycles. The molecular formula is C72H44N4S. The predicted octanol–water partition coefficient (Wildman–Crippen LogP) is 19.8. The van der Waals surface area contributed by atoms with Gasteiger partial charge in [0, 0.05) is 86.0 Å². The molecule has 0 spiro atoms. The summed E-state index contributed by atoms with van der Waals surface area (Å²) in [5, 5.41) is 12.5. The monoisotopic (exact) mass is 996 g/mol. The second-order valence-electron chi connectivity index (χ2n) is 20.5. The molecule has 0 aliphatic rings. The zero-order chi connectivity index (χ0) is 50.3. The summed E-state index contributed by atoms with van der Waals surface area (Å²) in [6.07, 6.45) is 0. The summed E-state index contributed by atoms with van der Waals surface area (Å²) in [7, 11) is 0. The number of hydrogen-bond acceptors (Lipinski definition) is 1. The van der Waals surface area contributed by atoms with Gasteiger partial charge in [0.15, 0.2) is 0 Å². The van der Waals surface area contributed by atoms with E-state index >= 15 is 0 Å². The first-order valence-corrected chi connectivity index (χ1v) is 27.2. The van der Waals surface area contributed by atoms with E-state index < -0.39 is 0 Å². The number of benzene rings is 12. The summed E-state index contributed by atoms with van der Waals surface area (Å²) in [6.45, 7) is 0. The third kappa shape index (κ3) is 6.26. The molecule has 0 radical (unpaired) electrons. The maximum atomic E-state index is 2.47. The van der Waals surface area contributed by atoms with Gasteiger partial charge in [0.25, 0.3) is 0 Å². The van der Waals surface area contributed by atoms with Crippen LogP contribution in [-0.2, 0) is 0 Å². The predicted molar refractivity (Wildman–Crippen MR) is 328 cm³/mol. The highest BCUT2D eigenvalue weighted by Gasteiger charge is 2.20. The fraction of sp³-hybridized carbons (Fsp3) is 0. The van der Waals surface area contributed by atoms with Gasteiger partial charge in [0.05, 0.1) is 44.1 Å². The Kier molecular flexibility index (Phi) is 8.97. The van der Waals surface area contributed by atoms with Gasteiger partial charge in [0.2, 0.25) is 0 Å². The first-order valence-electron chi connectivity index (χ1n) is 26.4. The van der Waals surface area contributed by atoms with E-state index in [2.05, 4.69) is 285 Å². The van der Waals surface area contributed by atoms with Crippen LogP contribution in [0.15, 0.2) is 267 Å². The molecule has 0 amide bonds. The third-order valence-corrected chi connectivity index (χ3v) is 17.5. The topological polar surface area (TPSA) is 19.7 Å². The second-order valence-corrected chi connectivity index (χ2v) is 21.6. The van der Waals surface area contributed by atoms with Crippen LogP contribution in [0.25, 0.3) is 152 Å². The maximum Gasteiger partial charge on any atom is 0.0541 e. The van der Waals surface area contributed by atoms with Gasteiger partial charge in [0.1, 0.15) is 0 Å². The van der Waals surface area contributed by atoms with Gasteiger partial charge < -0.3 is 18.3 Å². The minimum absolute atomic E-state index is 1.12. The Labute approximate surface area is 446 Å². The third-order valence-electron chi connectivity index (χ3n) is 16.3. The molecular weight excluding hydrogens is 953 g/mol. The van der Waals surface area contributed by atoms with Gasteiger partial charge in [-0.2, -0.15) is 0 Å². The van der Waals surface area contributed by atoms with Crippen molar-refractivity contribution in [1.29, 1.82) is 0 Å². The molecule has 12 aromatic carbocycles. The Morgan fingerprint density at radius 3 is 0.922 bits per heavy atom. The van der Waals surface area contributed by atoms with Gasteiger partial charge >= 0.3 is 0 Å². The Bertz CT molecular complexity index is 5150. The summed E-state index contributed by atoms with van der Waals surface area (Å²) in [5.41, 5.74) is 18.8. The van der Waals surface area contributed by atoms with Crippen molar-refractivity contribution in [1.82, 2.24) is 18.3 Å². The zero-order valence-corrected chi connectivity index (χ0v) is 42.4. The summed E-state index contributed by atoms with van der Waals surface area (Å²) < 4.78 is 12.3. The molecule has 5 heterocycles. The van der Waals surface area contributed by atoms with Crippen molar-refractivity contribution >= 4 is 119 Å². The fourth-order valence-electron chi connectivity index (χ4n) is 13.0. The normalized spacial score (nSPS) is 12.2. The summed E-state index contributed by atoms with van der Waals surface area (Å²) in [4.78, 5) is 0. The molecule has 0 fully saturated rings. The molecule has 5 heteroatoms. The van der Waals surface area contributed by atoms with Crippen LogP contribution in [0.3, 0.4) is 0 Å². The lowest BCUT2D eigenvalue weighted by molar-refractivity contribution is 1.17. The SMILES string of the molecule is c1cc(-c2cc(-c3ccc4c(c3)c3ccccc3n4-c3ccc4sc5ccc(-n6c7ccccc7c7ccccc76)cc5c4c3)cc(-n3c4ccccc4c4ccccc43)c2)cc(-n2c3ccccc3c3ccccc32)c1. The number of nitrogens with zero attached hydrogens (tertiary/aromatic N) is 4. The summed E-state index contributed by atoms with van der Waals surface area (Å²) >= 11 is 1.87. The molecule has 77 heavy (non-hydrogen) atoms. The number of rotatable bonds is 6. The quantitative estimate of drug-likeness (QED) is 0.158. The second kappa shape index (κ2) is 16.3. The number of hydrogen-bond donors (Lipinski definition) is 0. The first-order chi connectivity index (χ1) is 38.2. The fourth-order valence-corrected chi connectivity index (χ4v) is 14.0.